The van der Waals surface area contributed by atoms with Gasteiger partial charge in [0, 0.05) is 0 Å². The van der Waals surface area contributed by atoms with Crippen LogP contribution in [0.5, 0.6) is 0 Å². The quantitative estimate of drug-likeness (QED) is 0.385. The fraction of sp³-hybridized carbons (Fsp3) is 0.786. The minimum Gasteiger partial charge on any atom is -0.480 e. The average molecular weight is 333 g/mol. The summed E-state index contributed by atoms with van der Waals surface area (Å²) in [5.74, 6) is -2.67. The first-order valence-electron chi connectivity index (χ1n) is 7.37. The molecule has 0 aliphatic rings. The monoisotopic (exact) mass is 333 g/mol. The van der Waals surface area contributed by atoms with Crippen LogP contribution in [0.15, 0.2) is 0 Å². The summed E-state index contributed by atoms with van der Waals surface area (Å²) < 4.78 is 9.92. The number of esters is 2. The maximum atomic E-state index is 11.8. The van der Waals surface area contributed by atoms with Crippen molar-refractivity contribution in [2.75, 3.05) is 0 Å². The van der Waals surface area contributed by atoms with Gasteiger partial charge in [-0.1, -0.05) is 13.8 Å². The molecule has 0 aromatic heterocycles. The van der Waals surface area contributed by atoms with Gasteiger partial charge >= 0.3 is 17.9 Å². The standard InChI is InChI=1S/C14H27N3O6/c1-6(2)5-9(15)13(20)22-8(4)11(17)14(21)23-7(3)10(16)12(18)19/h6-11H,5,15-17H2,1-4H3,(H,18,19)/t7-,8-,9+,10+,11+/m1/s1. The molecule has 9 heteroatoms. The van der Waals surface area contributed by atoms with E-state index in [-0.39, 0.29) is 5.92 Å². The highest BCUT2D eigenvalue weighted by molar-refractivity contribution is 5.80. The Morgan fingerprint density at radius 3 is 1.74 bits per heavy atom. The number of carbonyl (C=O) groups is 3. The molecule has 0 bridgehead atoms. The maximum Gasteiger partial charge on any atom is 0.327 e. The Labute approximate surface area is 135 Å². The number of hydrogen-bond acceptors (Lipinski definition) is 8. The Kier molecular flexibility index (Phi) is 8.73. The van der Waals surface area contributed by atoms with Crippen LogP contribution in [-0.2, 0) is 23.9 Å². The summed E-state index contributed by atoms with van der Waals surface area (Å²) in [6.45, 7) is 6.58. The van der Waals surface area contributed by atoms with Gasteiger partial charge in [-0.25, -0.2) is 0 Å². The number of aliphatic carboxylic acids is 1. The lowest BCUT2D eigenvalue weighted by molar-refractivity contribution is -0.161. The summed E-state index contributed by atoms with van der Waals surface area (Å²) in [5, 5.41) is 8.73. The van der Waals surface area contributed by atoms with Crippen molar-refractivity contribution in [2.45, 2.75) is 64.4 Å². The molecule has 0 rings (SSSR count). The number of rotatable bonds is 9. The summed E-state index contributed by atoms with van der Waals surface area (Å²) in [6, 6.07) is -3.45. The van der Waals surface area contributed by atoms with Crippen LogP contribution in [0.1, 0.15) is 34.1 Å². The zero-order valence-corrected chi connectivity index (χ0v) is 13.9. The van der Waals surface area contributed by atoms with Gasteiger partial charge in [-0.05, 0) is 26.2 Å². The van der Waals surface area contributed by atoms with Crippen LogP contribution in [0.2, 0.25) is 0 Å². The van der Waals surface area contributed by atoms with Crippen LogP contribution < -0.4 is 17.2 Å². The van der Waals surface area contributed by atoms with Crippen molar-refractivity contribution in [1.29, 1.82) is 0 Å². The molecular weight excluding hydrogens is 306 g/mol. The van der Waals surface area contributed by atoms with Gasteiger partial charge in [0.25, 0.3) is 0 Å². The lowest BCUT2D eigenvalue weighted by atomic mass is 10.0. The second-order valence-corrected chi connectivity index (χ2v) is 5.91. The fourth-order valence-corrected chi connectivity index (χ4v) is 1.68. The molecule has 0 aliphatic carbocycles. The van der Waals surface area contributed by atoms with E-state index in [2.05, 4.69) is 0 Å². The molecule has 134 valence electrons. The zero-order valence-electron chi connectivity index (χ0n) is 13.9. The number of carboxylic acids is 1. The molecule has 0 aromatic rings. The Morgan fingerprint density at radius 2 is 1.30 bits per heavy atom. The van der Waals surface area contributed by atoms with E-state index in [1.54, 1.807) is 0 Å². The van der Waals surface area contributed by atoms with Crippen LogP contribution in [0.25, 0.3) is 0 Å². The fourth-order valence-electron chi connectivity index (χ4n) is 1.68. The predicted octanol–water partition coefficient (Wildman–Crippen LogP) is -1.04. The van der Waals surface area contributed by atoms with E-state index in [1.165, 1.54) is 13.8 Å². The molecule has 0 unspecified atom stereocenters. The third kappa shape index (κ3) is 7.40. The van der Waals surface area contributed by atoms with Crippen LogP contribution in [0.4, 0.5) is 0 Å². The SMILES string of the molecule is CC(C)C[C@H](N)C(=O)O[C@H](C)[C@H](N)C(=O)O[C@H](C)[C@H](N)C(=O)O. The van der Waals surface area contributed by atoms with Crippen LogP contribution >= 0.6 is 0 Å². The van der Waals surface area contributed by atoms with Crippen LogP contribution in [0, 0.1) is 5.92 Å². The van der Waals surface area contributed by atoms with Gasteiger partial charge in [0.1, 0.15) is 30.3 Å². The smallest absolute Gasteiger partial charge is 0.327 e. The van der Waals surface area contributed by atoms with Crippen molar-refractivity contribution < 1.29 is 29.0 Å². The predicted molar refractivity (Wildman–Crippen MR) is 82.1 cm³/mol. The van der Waals surface area contributed by atoms with E-state index < -0.39 is 48.2 Å². The Bertz CT molecular complexity index is 429. The van der Waals surface area contributed by atoms with Crippen molar-refractivity contribution in [3.05, 3.63) is 0 Å². The normalized spacial score (nSPS) is 17.7. The third-order valence-corrected chi connectivity index (χ3v) is 3.20. The molecule has 0 radical (unpaired) electrons. The Hall–Kier alpha value is -1.71. The molecule has 9 nitrogen and oxygen atoms in total. The molecule has 0 aromatic carbocycles. The van der Waals surface area contributed by atoms with Gasteiger partial charge in [-0.2, -0.15) is 0 Å². The second-order valence-electron chi connectivity index (χ2n) is 5.91. The first-order chi connectivity index (χ1) is 10.5. The summed E-state index contributed by atoms with van der Waals surface area (Å²) in [5.41, 5.74) is 16.7. The first kappa shape index (κ1) is 21.3. The highest BCUT2D eigenvalue weighted by atomic mass is 16.6. The van der Waals surface area contributed by atoms with Crippen molar-refractivity contribution in [2.24, 2.45) is 23.1 Å². The molecule has 23 heavy (non-hydrogen) atoms. The summed E-state index contributed by atoms with van der Waals surface area (Å²) in [7, 11) is 0. The second kappa shape index (κ2) is 9.43. The third-order valence-electron chi connectivity index (χ3n) is 3.20. The zero-order chi connectivity index (χ0) is 18.3. The molecule has 0 saturated carbocycles. The summed E-state index contributed by atoms with van der Waals surface area (Å²) in [4.78, 5) is 34.3. The molecule has 5 atom stereocenters. The van der Waals surface area contributed by atoms with Gasteiger partial charge in [0.15, 0.2) is 0 Å². The lowest BCUT2D eigenvalue weighted by Gasteiger charge is -2.24. The summed E-state index contributed by atoms with van der Waals surface area (Å²) in [6.07, 6.45) is -1.60. The van der Waals surface area contributed by atoms with Gasteiger partial charge < -0.3 is 31.8 Å². The Morgan fingerprint density at radius 1 is 0.870 bits per heavy atom. The van der Waals surface area contributed by atoms with Crippen molar-refractivity contribution >= 4 is 17.9 Å². The minimum absolute atomic E-state index is 0.213. The molecule has 7 N–H and O–H groups in total. The number of ether oxygens (including phenoxy) is 2. The van der Waals surface area contributed by atoms with E-state index >= 15 is 0 Å². The van der Waals surface area contributed by atoms with Gasteiger partial charge in [-0.15, -0.1) is 0 Å². The number of nitrogens with two attached hydrogens (primary N) is 3. The highest BCUT2D eigenvalue weighted by Crippen LogP contribution is 2.08. The number of carboxylic acid groups (broad SMARTS) is 1. The molecule has 0 spiro atoms. The molecule has 0 heterocycles. The van der Waals surface area contributed by atoms with Gasteiger partial charge in [0.05, 0.1) is 0 Å². The molecule has 0 fully saturated rings. The van der Waals surface area contributed by atoms with E-state index in [0.717, 1.165) is 0 Å². The molecule has 0 amide bonds. The summed E-state index contributed by atoms with van der Waals surface area (Å²) >= 11 is 0. The van der Waals surface area contributed by atoms with Crippen LogP contribution in [-0.4, -0.2) is 53.3 Å². The van der Waals surface area contributed by atoms with Crippen LogP contribution in [0.3, 0.4) is 0 Å². The Balaban J connectivity index is 4.53. The van der Waals surface area contributed by atoms with E-state index in [1.807, 2.05) is 13.8 Å². The van der Waals surface area contributed by atoms with E-state index in [0.29, 0.717) is 6.42 Å². The van der Waals surface area contributed by atoms with E-state index in [9.17, 15) is 14.4 Å². The number of hydrogen-bond donors (Lipinski definition) is 4. The maximum absolute atomic E-state index is 11.8. The van der Waals surface area contributed by atoms with Crippen molar-refractivity contribution in [1.82, 2.24) is 0 Å². The van der Waals surface area contributed by atoms with Gasteiger partial charge in [0.2, 0.25) is 0 Å². The largest absolute Gasteiger partial charge is 0.480 e. The van der Waals surface area contributed by atoms with Crippen molar-refractivity contribution in [3.8, 4) is 0 Å². The first-order valence-corrected chi connectivity index (χ1v) is 7.37. The van der Waals surface area contributed by atoms with Crippen molar-refractivity contribution in [3.63, 3.8) is 0 Å². The minimum atomic E-state index is -1.37. The topological polar surface area (TPSA) is 168 Å². The average Bonchev–Trinajstić information content (AvgIpc) is 2.44. The van der Waals surface area contributed by atoms with E-state index in [4.69, 9.17) is 31.8 Å². The molecule has 0 saturated heterocycles. The lowest BCUT2D eigenvalue weighted by Crippen LogP contribution is -2.49. The number of carbonyl (C=O) groups excluding carboxylic acids is 2. The van der Waals surface area contributed by atoms with Gasteiger partial charge in [-0.3, -0.25) is 14.4 Å². The molecule has 0 aliphatic heterocycles. The highest BCUT2D eigenvalue weighted by Gasteiger charge is 2.31. The molecular formula is C14H27N3O6.